The van der Waals surface area contributed by atoms with Gasteiger partial charge in [0, 0.05) is 0 Å². The summed E-state index contributed by atoms with van der Waals surface area (Å²) in [7, 11) is 0. The predicted octanol–water partition coefficient (Wildman–Crippen LogP) is 2.53. The zero-order chi connectivity index (χ0) is 11.1. The summed E-state index contributed by atoms with van der Waals surface area (Å²) in [6.45, 7) is 6.40. The first kappa shape index (κ1) is 10.7. The van der Waals surface area contributed by atoms with Gasteiger partial charge in [-0.05, 0) is 11.0 Å². The number of rotatable bonds is 2. The standard InChI is InChI=1S/C13H18O2/c1-13(2,3)12-11(15-12)10(14)9-7-5-4-6-8-9/h4-8,10-12,14H,1-3H3/t10-,11-,12+/m1/s1. The van der Waals surface area contributed by atoms with Gasteiger partial charge in [0.25, 0.3) is 0 Å². The maximum Gasteiger partial charge on any atom is 0.115 e. The summed E-state index contributed by atoms with van der Waals surface area (Å²) in [6, 6.07) is 9.70. The Morgan fingerprint density at radius 2 is 1.80 bits per heavy atom. The normalized spacial score (nSPS) is 27.5. The van der Waals surface area contributed by atoms with Gasteiger partial charge in [0.05, 0.1) is 6.10 Å². The van der Waals surface area contributed by atoms with Crippen LogP contribution in [0.3, 0.4) is 0 Å². The lowest BCUT2D eigenvalue weighted by Crippen LogP contribution is -2.19. The van der Waals surface area contributed by atoms with Crippen molar-refractivity contribution in [3.8, 4) is 0 Å². The van der Waals surface area contributed by atoms with Crippen LogP contribution >= 0.6 is 0 Å². The third-order valence-electron chi connectivity index (χ3n) is 2.83. The molecule has 1 aromatic rings. The minimum absolute atomic E-state index is 0.0348. The highest BCUT2D eigenvalue weighted by Gasteiger charge is 2.51. The van der Waals surface area contributed by atoms with E-state index in [0.717, 1.165) is 5.56 Å². The van der Waals surface area contributed by atoms with Crippen LogP contribution < -0.4 is 0 Å². The summed E-state index contributed by atoms with van der Waals surface area (Å²) >= 11 is 0. The molecule has 82 valence electrons. The molecule has 0 amide bonds. The van der Waals surface area contributed by atoms with Gasteiger partial charge in [0.15, 0.2) is 0 Å². The van der Waals surface area contributed by atoms with Crippen molar-refractivity contribution in [2.75, 3.05) is 0 Å². The number of hydrogen-bond donors (Lipinski definition) is 1. The molecule has 0 saturated carbocycles. The molecule has 1 N–H and O–H groups in total. The Balaban J connectivity index is 2.04. The van der Waals surface area contributed by atoms with Gasteiger partial charge in [0.1, 0.15) is 12.2 Å². The first-order chi connectivity index (χ1) is 7.00. The number of ether oxygens (including phenoxy) is 1. The summed E-state index contributed by atoms with van der Waals surface area (Å²) in [5.74, 6) is 0. The quantitative estimate of drug-likeness (QED) is 0.754. The third kappa shape index (κ3) is 2.21. The molecule has 2 heteroatoms. The first-order valence-electron chi connectivity index (χ1n) is 5.38. The number of aliphatic hydroxyl groups is 1. The molecule has 0 spiro atoms. The Bertz CT molecular complexity index is 326. The van der Waals surface area contributed by atoms with E-state index in [0.29, 0.717) is 0 Å². The molecular weight excluding hydrogens is 188 g/mol. The maximum absolute atomic E-state index is 10.1. The fourth-order valence-corrected chi connectivity index (χ4v) is 1.90. The minimum atomic E-state index is -0.490. The molecule has 15 heavy (non-hydrogen) atoms. The van der Waals surface area contributed by atoms with Gasteiger partial charge in [-0.2, -0.15) is 0 Å². The van der Waals surface area contributed by atoms with Crippen molar-refractivity contribution in [2.45, 2.75) is 39.1 Å². The van der Waals surface area contributed by atoms with E-state index in [4.69, 9.17) is 4.74 Å². The highest BCUT2D eigenvalue weighted by atomic mass is 16.6. The molecule has 3 atom stereocenters. The second kappa shape index (κ2) is 3.62. The topological polar surface area (TPSA) is 32.8 Å². The van der Waals surface area contributed by atoms with E-state index in [1.54, 1.807) is 0 Å². The van der Waals surface area contributed by atoms with Gasteiger partial charge in [0.2, 0.25) is 0 Å². The average molecular weight is 206 g/mol. The molecule has 0 unspecified atom stereocenters. The second-order valence-electron chi connectivity index (χ2n) is 5.24. The summed E-state index contributed by atoms with van der Waals surface area (Å²) in [4.78, 5) is 0. The second-order valence-corrected chi connectivity index (χ2v) is 5.24. The summed E-state index contributed by atoms with van der Waals surface area (Å²) in [5, 5.41) is 10.1. The zero-order valence-electron chi connectivity index (χ0n) is 9.47. The van der Waals surface area contributed by atoms with Crippen LogP contribution in [0, 0.1) is 5.41 Å². The van der Waals surface area contributed by atoms with Crippen LogP contribution in [0.25, 0.3) is 0 Å². The smallest absolute Gasteiger partial charge is 0.115 e. The molecule has 2 nitrogen and oxygen atoms in total. The molecule has 1 aromatic carbocycles. The van der Waals surface area contributed by atoms with E-state index < -0.39 is 6.10 Å². The monoisotopic (exact) mass is 206 g/mol. The Labute approximate surface area is 90.9 Å². The molecule has 0 radical (unpaired) electrons. The largest absolute Gasteiger partial charge is 0.386 e. The number of aliphatic hydroxyl groups excluding tert-OH is 1. The summed E-state index contributed by atoms with van der Waals surface area (Å²) < 4.78 is 5.55. The molecule has 1 fully saturated rings. The van der Waals surface area contributed by atoms with Crippen LogP contribution in [0.4, 0.5) is 0 Å². The molecule has 0 aliphatic carbocycles. The molecule has 0 bridgehead atoms. The Morgan fingerprint density at radius 3 is 2.27 bits per heavy atom. The van der Waals surface area contributed by atoms with Crippen LogP contribution in [0.5, 0.6) is 0 Å². The van der Waals surface area contributed by atoms with Gasteiger partial charge in [-0.25, -0.2) is 0 Å². The van der Waals surface area contributed by atoms with E-state index in [9.17, 15) is 5.11 Å². The molecule has 1 saturated heterocycles. The Morgan fingerprint density at radius 1 is 1.20 bits per heavy atom. The van der Waals surface area contributed by atoms with E-state index in [1.807, 2.05) is 30.3 Å². The van der Waals surface area contributed by atoms with Crippen molar-refractivity contribution >= 4 is 0 Å². The van der Waals surface area contributed by atoms with Crippen LogP contribution in [0.2, 0.25) is 0 Å². The van der Waals surface area contributed by atoms with Crippen molar-refractivity contribution in [3.63, 3.8) is 0 Å². The van der Waals surface area contributed by atoms with Gasteiger partial charge >= 0.3 is 0 Å². The maximum atomic E-state index is 10.1. The molecule has 2 rings (SSSR count). The molecule has 1 aliphatic heterocycles. The summed E-state index contributed by atoms with van der Waals surface area (Å²) in [6.07, 6.45) is -0.351. The van der Waals surface area contributed by atoms with Crippen molar-refractivity contribution in [1.82, 2.24) is 0 Å². The highest BCUT2D eigenvalue weighted by molar-refractivity contribution is 5.20. The van der Waals surface area contributed by atoms with Gasteiger partial charge in [-0.1, -0.05) is 51.1 Å². The van der Waals surface area contributed by atoms with E-state index in [1.165, 1.54) is 0 Å². The number of benzene rings is 1. The van der Waals surface area contributed by atoms with Gasteiger partial charge < -0.3 is 9.84 Å². The highest BCUT2D eigenvalue weighted by Crippen LogP contribution is 2.44. The van der Waals surface area contributed by atoms with E-state index >= 15 is 0 Å². The Hall–Kier alpha value is -0.860. The van der Waals surface area contributed by atoms with Crippen LogP contribution in [0.15, 0.2) is 30.3 Å². The average Bonchev–Trinajstić information content (AvgIpc) is 2.97. The SMILES string of the molecule is CC(C)(C)[C@H]1O[C@@H]1[C@H](O)c1ccccc1. The molecular formula is C13H18O2. The molecule has 1 aliphatic rings. The van der Waals surface area contributed by atoms with Crippen LogP contribution in [0.1, 0.15) is 32.4 Å². The van der Waals surface area contributed by atoms with Crippen molar-refractivity contribution in [3.05, 3.63) is 35.9 Å². The van der Waals surface area contributed by atoms with E-state index in [-0.39, 0.29) is 17.6 Å². The van der Waals surface area contributed by atoms with Crippen molar-refractivity contribution in [2.24, 2.45) is 5.41 Å². The van der Waals surface area contributed by atoms with Gasteiger partial charge in [-0.15, -0.1) is 0 Å². The summed E-state index contributed by atoms with van der Waals surface area (Å²) in [5.41, 5.74) is 1.05. The van der Waals surface area contributed by atoms with Gasteiger partial charge in [-0.3, -0.25) is 0 Å². The van der Waals surface area contributed by atoms with Crippen LogP contribution in [-0.2, 0) is 4.74 Å². The molecule has 0 aromatic heterocycles. The lowest BCUT2D eigenvalue weighted by molar-refractivity contribution is 0.136. The van der Waals surface area contributed by atoms with Crippen molar-refractivity contribution in [1.29, 1.82) is 0 Å². The van der Waals surface area contributed by atoms with Crippen molar-refractivity contribution < 1.29 is 9.84 Å². The lowest BCUT2D eigenvalue weighted by Gasteiger charge is -2.16. The fourth-order valence-electron chi connectivity index (χ4n) is 1.90. The lowest BCUT2D eigenvalue weighted by atomic mass is 9.88. The van der Waals surface area contributed by atoms with Crippen LogP contribution in [-0.4, -0.2) is 17.3 Å². The minimum Gasteiger partial charge on any atom is -0.386 e. The Kier molecular flexibility index (Phi) is 2.57. The zero-order valence-corrected chi connectivity index (χ0v) is 9.47. The number of hydrogen-bond acceptors (Lipinski definition) is 2. The van der Waals surface area contributed by atoms with E-state index in [2.05, 4.69) is 20.8 Å². The fraction of sp³-hybridized carbons (Fsp3) is 0.538. The number of epoxide rings is 1. The predicted molar refractivity (Wildman–Crippen MR) is 59.5 cm³/mol. The first-order valence-corrected chi connectivity index (χ1v) is 5.38. The third-order valence-corrected chi connectivity index (χ3v) is 2.83. The molecule has 1 heterocycles.